The van der Waals surface area contributed by atoms with Crippen molar-refractivity contribution < 1.29 is 4.74 Å². The number of aromatic nitrogens is 1. The first-order chi connectivity index (χ1) is 10.0. The van der Waals surface area contributed by atoms with Gasteiger partial charge in [0, 0.05) is 46.2 Å². The lowest BCUT2D eigenvalue weighted by molar-refractivity contribution is 0.127. The standard InChI is InChI=1S/C16H30N4O/c1-14(2)8-11-21-12-9-18-16(17-3)20(5)13-15-7-6-10-19(15)4/h6-7,10,14H,8-9,11-13H2,1-5H3,(H,17,18). The van der Waals surface area contributed by atoms with Gasteiger partial charge < -0.3 is 19.5 Å². The molecule has 120 valence electrons. The number of hydrogen-bond acceptors (Lipinski definition) is 2. The van der Waals surface area contributed by atoms with E-state index in [1.54, 1.807) is 0 Å². The molecular formula is C16H30N4O. The zero-order valence-corrected chi connectivity index (χ0v) is 14.1. The lowest BCUT2D eigenvalue weighted by atomic mass is 10.1. The van der Waals surface area contributed by atoms with E-state index in [2.05, 4.69) is 59.0 Å². The predicted molar refractivity (Wildman–Crippen MR) is 88.5 cm³/mol. The summed E-state index contributed by atoms with van der Waals surface area (Å²) >= 11 is 0. The van der Waals surface area contributed by atoms with Gasteiger partial charge in [-0.3, -0.25) is 4.99 Å². The Morgan fingerprint density at radius 2 is 2.19 bits per heavy atom. The second-order valence-corrected chi connectivity index (χ2v) is 5.74. The number of hydrogen-bond donors (Lipinski definition) is 1. The van der Waals surface area contributed by atoms with Crippen LogP contribution in [0.25, 0.3) is 0 Å². The fraction of sp³-hybridized carbons (Fsp3) is 0.688. The van der Waals surface area contributed by atoms with Crippen LogP contribution in [0.4, 0.5) is 0 Å². The van der Waals surface area contributed by atoms with Crippen molar-refractivity contribution in [1.29, 1.82) is 0 Å². The van der Waals surface area contributed by atoms with Crippen LogP contribution in [0.3, 0.4) is 0 Å². The summed E-state index contributed by atoms with van der Waals surface area (Å²) < 4.78 is 7.73. The summed E-state index contributed by atoms with van der Waals surface area (Å²) in [5.41, 5.74) is 1.26. The number of rotatable bonds is 8. The molecule has 0 aliphatic heterocycles. The molecule has 0 bridgehead atoms. The summed E-state index contributed by atoms with van der Waals surface area (Å²) in [5, 5.41) is 3.33. The van der Waals surface area contributed by atoms with E-state index in [0.717, 1.165) is 32.1 Å². The SMILES string of the molecule is CN=C(NCCOCCC(C)C)N(C)Cc1cccn1C. The minimum Gasteiger partial charge on any atom is -0.380 e. The molecule has 0 saturated carbocycles. The van der Waals surface area contributed by atoms with E-state index in [1.807, 2.05) is 14.1 Å². The molecule has 0 aliphatic rings. The van der Waals surface area contributed by atoms with Crippen molar-refractivity contribution in [2.75, 3.05) is 33.9 Å². The molecule has 5 heteroatoms. The molecule has 0 fully saturated rings. The third kappa shape index (κ3) is 6.67. The Balaban J connectivity index is 2.26. The van der Waals surface area contributed by atoms with Gasteiger partial charge in [-0.2, -0.15) is 0 Å². The Bertz CT molecular complexity index is 426. The maximum absolute atomic E-state index is 5.60. The molecule has 21 heavy (non-hydrogen) atoms. The second kappa shape index (κ2) is 9.45. The van der Waals surface area contributed by atoms with E-state index in [1.165, 1.54) is 5.69 Å². The maximum atomic E-state index is 5.60. The molecule has 1 N–H and O–H groups in total. The van der Waals surface area contributed by atoms with Crippen molar-refractivity contribution in [1.82, 2.24) is 14.8 Å². The van der Waals surface area contributed by atoms with Gasteiger partial charge in [-0.05, 0) is 24.5 Å². The summed E-state index contributed by atoms with van der Waals surface area (Å²) in [6.07, 6.45) is 3.17. The zero-order valence-electron chi connectivity index (χ0n) is 14.1. The van der Waals surface area contributed by atoms with Crippen molar-refractivity contribution in [2.45, 2.75) is 26.8 Å². The van der Waals surface area contributed by atoms with Crippen molar-refractivity contribution in [3.63, 3.8) is 0 Å². The smallest absolute Gasteiger partial charge is 0.193 e. The molecule has 0 amide bonds. The third-order valence-electron chi connectivity index (χ3n) is 3.39. The van der Waals surface area contributed by atoms with Crippen molar-refractivity contribution in [3.8, 4) is 0 Å². The Morgan fingerprint density at radius 3 is 2.76 bits per heavy atom. The van der Waals surface area contributed by atoms with Gasteiger partial charge in [-0.1, -0.05) is 13.8 Å². The van der Waals surface area contributed by atoms with E-state index >= 15 is 0 Å². The largest absolute Gasteiger partial charge is 0.380 e. The average molecular weight is 294 g/mol. The normalized spacial score (nSPS) is 12.0. The summed E-state index contributed by atoms with van der Waals surface area (Å²) in [5.74, 6) is 1.59. The molecule has 1 heterocycles. The van der Waals surface area contributed by atoms with Crippen LogP contribution < -0.4 is 5.32 Å². The predicted octanol–water partition coefficient (Wildman–Crippen LogP) is 2.09. The lowest BCUT2D eigenvalue weighted by Gasteiger charge is -2.22. The Morgan fingerprint density at radius 1 is 1.43 bits per heavy atom. The lowest BCUT2D eigenvalue weighted by Crippen LogP contribution is -2.40. The van der Waals surface area contributed by atoms with Gasteiger partial charge in [-0.15, -0.1) is 0 Å². The number of nitrogens with zero attached hydrogens (tertiary/aromatic N) is 3. The van der Waals surface area contributed by atoms with E-state index in [9.17, 15) is 0 Å². The van der Waals surface area contributed by atoms with Crippen LogP contribution in [0.5, 0.6) is 0 Å². The van der Waals surface area contributed by atoms with Crippen LogP contribution in [0.1, 0.15) is 26.0 Å². The summed E-state index contributed by atoms with van der Waals surface area (Å²) in [4.78, 5) is 6.43. The fourth-order valence-corrected chi connectivity index (χ4v) is 2.02. The minimum atomic E-state index is 0.696. The molecule has 1 aromatic heterocycles. The highest BCUT2D eigenvalue weighted by Crippen LogP contribution is 2.03. The molecule has 0 aromatic carbocycles. The highest BCUT2D eigenvalue weighted by molar-refractivity contribution is 5.79. The summed E-state index contributed by atoms with van der Waals surface area (Å²) in [6, 6.07) is 4.18. The van der Waals surface area contributed by atoms with Crippen LogP contribution >= 0.6 is 0 Å². The second-order valence-electron chi connectivity index (χ2n) is 5.74. The average Bonchev–Trinajstić information content (AvgIpc) is 2.83. The van der Waals surface area contributed by atoms with Gasteiger partial charge in [0.15, 0.2) is 5.96 Å². The van der Waals surface area contributed by atoms with Crippen molar-refractivity contribution in [3.05, 3.63) is 24.0 Å². The van der Waals surface area contributed by atoms with E-state index < -0.39 is 0 Å². The molecule has 0 unspecified atom stereocenters. The first-order valence-corrected chi connectivity index (χ1v) is 7.64. The summed E-state index contributed by atoms with van der Waals surface area (Å²) in [7, 11) is 5.91. The monoisotopic (exact) mass is 294 g/mol. The topological polar surface area (TPSA) is 41.8 Å². The molecule has 0 aliphatic carbocycles. The molecule has 5 nitrogen and oxygen atoms in total. The van der Waals surface area contributed by atoms with Crippen LogP contribution in [0.15, 0.2) is 23.3 Å². The molecule has 0 saturated heterocycles. The molecule has 0 radical (unpaired) electrons. The van der Waals surface area contributed by atoms with Gasteiger partial charge in [0.2, 0.25) is 0 Å². The Hall–Kier alpha value is -1.49. The van der Waals surface area contributed by atoms with Gasteiger partial charge in [0.1, 0.15) is 0 Å². The fourth-order valence-electron chi connectivity index (χ4n) is 2.02. The minimum absolute atomic E-state index is 0.696. The Kier molecular flexibility index (Phi) is 7.90. The van der Waals surface area contributed by atoms with Crippen LogP contribution in [-0.2, 0) is 18.3 Å². The number of guanidine groups is 1. The van der Waals surface area contributed by atoms with E-state index in [4.69, 9.17) is 4.74 Å². The number of aryl methyl sites for hydroxylation is 1. The van der Waals surface area contributed by atoms with Gasteiger partial charge in [-0.25, -0.2) is 0 Å². The van der Waals surface area contributed by atoms with Crippen molar-refractivity contribution >= 4 is 5.96 Å². The van der Waals surface area contributed by atoms with Crippen LogP contribution in [0, 0.1) is 5.92 Å². The molecule has 0 spiro atoms. The molecule has 0 atom stereocenters. The summed E-state index contributed by atoms with van der Waals surface area (Å²) in [6.45, 7) is 7.57. The highest BCUT2D eigenvalue weighted by Gasteiger charge is 2.07. The number of nitrogens with one attached hydrogen (secondary N) is 1. The van der Waals surface area contributed by atoms with Gasteiger partial charge in [0.25, 0.3) is 0 Å². The molecule has 1 rings (SSSR count). The molecular weight excluding hydrogens is 264 g/mol. The first-order valence-electron chi connectivity index (χ1n) is 7.64. The van der Waals surface area contributed by atoms with Crippen LogP contribution in [-0.4, -0.2) is 49.3 Å². The van der Waals surface area contributed by atoms with Gasteiger partial charge >= 0.3 is 0 Å². The number of aliphatic imine (C=N–C) groups is 1. The molecule has 1 aromatic rings. The third-order valence-corrected chi connectivity index (χ3v) is 3.39. The van der Waals surface area contributed by atoms with E-state index in [0.29, 0.717) is 12.5 Å². The quantitative estimate of drug-likeness (QED) is 0.453. The van der Waals surface area contributed by atoms with Crippen LogP contribution in [0.2, 0.25) is 0 Å². The van der Waals surface area contributed by atoms with E-state index in [-0.39, 0.29) is 0 Å². The zero-order chi connectivity index (χ0) is 15.7. The number of ether oxygens (including phenoxy) is 1. The maximum Gasteiger partial charge on any atom is 0.193 e. The van der Waals surface area contributed by atoms with Gasteiger partial charge in [0.05, 0.1) is 13.2 Å². The Labute approximate surface area is 129 Å². The first kappa shape index (κ1) is 17.6. The highest BCUT2D eigenvalue weighted by atomic mass is 16.5. The van der Waals surface area contributed by atoms with Crippen molar-refractivity contribution in [2.24, 2.45) is 18.0 Å².